The molecule has 21 heavy (non-hydrogen) atoms. The van der Waals surface area contributed by atoms with Crippen LogP contribution in [0.25, 0.3) is 10.9 Å². The largest absolute Gasteiger partial charge is 0.349 e. The van der Waals surface area contributed by atoms with Crippen molar-refractivity contribution < 1.29 is 9.18 Å². The molecule has 1 saturated carbocycles. The maximum atomic E-state index is 13.2. The molecule has 0 saturated heterocycles. The first-order valence-corrected chi connectivity index (χ1v) is 7.48. The Labute approximate surface area is 123 Å². The predicted octanol–water partition coefficient (Wildman–Crippen LogP) is 3.68. The molecule has 4 heteroatoms. The maximum absolute atomic E-state index is 13.2. The van der Waals surface area contributed by atoms with Gasteiger partial charge in [0.15, 0.2) is 0 Å². The van der Waals surface area contributed by atoms with Gasteiger partial charge in [0, 0.05) is 11.4 Å². The van der Waals surface area contributed by atoms with Crippen LogP contribution >= 0.6 is 0 Å². The van der Waals surface area contributed by atoms with E-state index in [2.05, 4.69) is 17.2 Å². The lowest BCUT2D eigenvalue weighted by Crippen LogP contribution is -2.37. The van der Waals surface area contributed by atoms with E-state index in [0.717, 1.165) is 37.8 Å². The summed E-state index contributed by atoms with van der Waals surface area (Å²) in [5.41, 5.74) is 1.08. The lowest BCUT2D eigenvalue weighted by Gasteiger charge is -2.27. The van der Waals surface area contributed by atoms with Crippen molar-refractivity contribution in [1.29, 1.82) is 0 Å². The van der Waals surface area contributed by atoms with E-state index in [9.17, 15) is 9.18 Å². The highest BCUT2D eigenvalue weighted by atomic mass is 19.1. The van der Waals surface area contributed by atoms with Crippen LogP contribution < -0.4 is 5.32 Å². The highest BCUT2D eigenvalue weighted by Crippen LogP contribution is 2.24. The normalized spacial score (nSPS) is 22.2. The minimum atomic E-state index is -0.388. The number of pyridine rings is 1. The Morgan fingerprint density at radius 1 is 1.29 bits per heavy atom. The van der Waals surface area contributed by atoms with E-state index >= 15 is 0 Å². The lowest BCUT2D eigenvalue weighted by molar-refractivity contribution is 0.0924. The summed E-state index contributed by atoms with van der Waals surface area (Å²) >= 11 is 0. The van der Waals surface area contributed by atoms with Crippen LogP contribution in [0.5, 0.6) is 0 Å². The number of nitrogens with one attached hydrogen (secondary N) is 1. The molecule has 0 aliphatic heterocycles. The van der Waals surface area contributed by atoms with Gasteiger partial charge in [0.1, 0.15) is 5.82 Å². The zero-order chi connectivity index (χ0) is 14.8. The molecule has 3 nitrogen and oxygen atoms in total. The van der Waals surface area contributed by atoms with Gasteiger partial charge in [-0.15, -0.1) is 0 Å². The molecule has 1 aromatic carbocycles. The molecule has 0 atom stereocenters. The molecule has 2 aromatic rings. The zero-order valence-electron chi connectivity index (χ0n) is 12.1. The first kappa shape index (κ1) is 14.0. The molecule has 1 aliphatic rings. The number of hydrogen-bond donors (Lipinski definition) is 1. The van der Waals surface area contributed by atoms with E-state index in [1.165, 1.54) is 6.07 Å². The fraction of sp³-hybridized carbons (Fsp3) is 0.412. The van der Waals surface area contributed by atoms with Crippen molar-refractivity contribution in [1.82, 2.24) is 10.3 Å². The van der Waals surface area contributed by atoms with Crippen molar-refractivity contribution in [2.24, 2.45) is 5.92 Å². The third-order valence-electron chi connectivity index (χ3n) is 4.27. The van der Waals surface area contributed by atoms with Crippen molar-refractivity contribution in [2.75, 3.05) is 0 Å². The monoisotopic (exact) mass is 286 g/mol. The predicted molar refractivity (Wildman–Crippen MR) is 80.6 cm³/mol. The average molecular weight is 286 g/mol. The summed E-state index contributed by atoms with van der Waals surface area (Å²) < 4.78 is 13.2. The number of rotatable bonds is 2. The third-order valence-corrected chi connectivity index (χ3v) is 4.27. The average Bonchev–Trinajstić information content (AvgIpc) is 2.48. The summed E-state index contributed by atoms with van der Waals surface area (Å²) in [4.78, 5) is 16.5. The SMILES string of the molecule is C[C@H]1CC[C@H](NC(=O)c2cccc3cc(F)cnc23)CC1. The molecule has 0 radical (unpaired) electrons. The number of carbonyl (C=O) groups is 1. The smallest absolute Gasteiger partial charge is 0.253 e. The molecule has 1 N–H and O–H groups in total. The summed E-state index contributed by atoms with van der Waals surface area (Å²) in [7, 11) is 0. The number of para-hydroxylation sites is 1. The molecule has 0 spiro atoms. The summed E-state index contributed by atoms with van der Waals surface area (Å²) in [6.45, 7) is 2.25. The summed E-state index contributed by atoms with van der Waals surface area (Å²) in [6, 6.07) is 6.92. The van der Waals surface area contributed by atoms with Gasteiger partial charge in [0.2, 0.25) is 0 Å². The lowest BCUT2D eigenvalue weighted by atomic mass is 9.87. The second-order valence-corrected chi connectivity index (χ2v) is 5.96. The Morgan fingerprint density at radius 2 is 2.05 bits per heavy atom. The number of amides is 1. The van der Waals surface area contributed by atoms with Crippen LogP contribution in [0.3, 0.4) is 0 Å². The molecular weight excluding hydrogens is 267 g/mol. The number of carbonyl (C=O) groups excluding carboxylic acids is 1. The Bertz CT molecular complexity index is 663. The van der Waals surface area contributed by atoms with Crippen molar-refractivity contribution in [2.45, 2.75) is 38.6 Å². The number of halogens is 1. The van der Waals surface area contributed by atoms with Gasteiger partial charge < -0.3 is 5.32 Å². The van der Waals surface area contributed by atoms with E-state index in [0.29, 0.717) is 16.5 Å². The molecule has 110 valence electrons. The standard InChI is InChI=1S/C17H19FN2O/c1-11-5-7-14(8-6-11)20-17(21)15-4-2-3-12-9-13(18)10-19-16(12)15/h2-4,9-11,14H,5-8H2,1H3,(H,20,21)/t11-,14-. The van der Waals surface area contributed by atoms with E-state index in [1.807, 2.05) is 0 Å². The fourth-order valence-corrected chi connectivity index (χ4v) is 2.98. The minimum Gasteiger partial charge on any atom is -0.349 e. The Kier molecular flexibility index (Phi) is 3.86. The van der Waals surface area contributed by atoms with E-state index in [1.54, 1.807) is 18.2 Å². The van der Waals surface area contributed by atoms with Crippen LogP contribution in [0, 0.1) is 11.7 Å². The number of aromatic nitrogens is 1. The van der Waals surface area contributed by atoms with Crippen molar-refractivity contribution >= 4 is 16.8 Å². The Morgan fingerprint density at radius 3 is 2.81 bits per heavy atom. The van der Waals surface area contributed by atoms with Crippen LogP contribution in [0.15, 0.2) is 30.5 Å². The molecule has 1 heterocycles. The third kappa shape index (κ3) is 3.04. The fourth-order valence-electron chi connectivity index (χ4n) is 2.98. The highest BCUT2D eigenvalue weighted by molar-refractivity contribution is 6.05. The first-order valence-electron chi connectivity index (χ1n) is 7.48. The van der Waals surface area contributed by atoms with Crippen LogP contribution in [-0.2, 0) is 0 Å². The molecule has 1 amide bonds. The van der Waals surface area contributed by atoms with Gasteiger partial charge in [0.25, 0.3) is 5.91 Å². The second kappa shape index (κ2) is 5.80. The Balaban J connectivity index is 1.81. The van der Waals surface area contributed by atoms with Gasteiger partial charge in [-0.05, 0) is 43.7 Å². The topological polar surface area (TPSA) is 42.0 Å². The van der Waals surface area contributed by atoms with Gasteiger partial charge in [-0.2, -0.15) is 0 Å². The van der Waals surface area contributed by atoms with E-state index < -0.39 is 0 Å². The number of hydrogen-bond acceptors (Lipinski definition) is 2. The van der Waals surface area contributed by atoms with Crippen LogP contribution in [0.1, 0.15) is 43.0 Å². The van der Waals surface area contributed by atoms with E-state index in [4.69, 9.17) is 0 Å². The van der Waals surface area contributed by atoms with Gasteiger partial charge in [-0.25, -0.2) is 4.39 Å². The van der Waals surface area contributed by atoms with Crippen LogP contribution in [-0.4, -0.2) is 16.9 Å². The molecule has 0 unspecified atom stereocenters. The van der Waals surface area contributed by atoms with Gasteiger partial charge in [-0.3, -0.25) is 9.78 Å². The number of benzene rings is 1. The van der Waals surface area contributed by atoms with Gasteiger partial charge >= 0.3 is 0 Å². The van der Waals surface area contributed by atoms with E-state index in [-0.39, 0.29) is 17.8 Å². The second-order valence-electron chi connectivity index (χ2n) is 5.96. The molecule has 3 rings (SSSR count). The number of nitrogens with zero attached hydrogens (tertiary/aromatic N) is 1. The van der Waals surface area contributed by atoms with Crippen molar-refractivity contribution in [3.63, 3.8) is 0 Å². The summed E-state index contributed by atoms with van der Waals surface area (Å²) in [5.74, 6) is 0.251. The van der Waals surface area contributed by atoms with Gasteiger partial charge in [-0.1, -0.05) is 19.1 Å². The molecule has 1 aromatic heterocycles. The van der Waals surface area contributed by atoms with Crippen molar-refractivity contribution in [3.8, 4) is 0 Å². The van der Waals surface area contributed by atoms with Crippen molar-refractivity contribution in [3.05, 3.63) is 41.8 Å². The molecule has 1 aliphatic carbocycles. The molecular formula is C17H19FN2O. The first-order chi connectivity index (χ1) is 10.1. The minimum absolute atomic E-state index is 0.112. The summed E-state index contributed by atoms with van der Waals surface area (Å²) in [5, 5.41) is 3.74. The molecule has 0 bridgehead atoms. The highest BCUT2D eigenvalue weighted by Gasteiger charge is 2.21. The van der Waals surface area contributed by atoms with Gasteiger partial charge in [0.05, 0.1) is 17.3 Å². The zero-order valence-corrected chi connectivity index (χ0v) is 12.1. The summed E-state index contributed by atoms with van der Waals surface area (Å²) in [6.07, 6.45) is 5.52. The Hall–Kier alpha value is -1.97. The van der Waals surface area contributed by atoms with Crippen LogP contribution in [0.2, 0.25) is 0 Å². The maximum Gasteiger partial charge on any atom is 0.253 e. The quantitative estimate of drug-likeness (QED) is 0.915. The number of fused-ring (bicyclic) bond motifs is 1. The van der Waals surface area contributed by atoms with Crippen LogP contribution in [0.4, 0.5) is 4.39 Å². The molecule has 1 fully saturated rings.